The first kappa shape index (κ1) is 15.1. The molecule has 6 heteroatoms. The van der Waals surface area contributed by atoms with Crippen molar-refractivity contribution >= 4 is 9.84 Å². The SMILES string of the molecule is NC[C@]1(N)[C@H](c2ccc(F)cc2)[C@@H]1S(=O)(=O)c1ccccc1. The van der Waals surface area contributed by atoms with Gasteiger partial charge in [0.2, 0.25) is 0 Å². The fraction of sp³-hybridized carbons (Fsp3) is 0.250. The second-order valence-corrected chi connectivity index (χ2v) is 7.69. The number of hydrogen-bond donors (Lipinski definition) is 2. The van der Waals surface area contributed by atoms with Gasteiger partial charge in [0.1, 0.15) is 5.82 Å². The first-order valence-corrected chi connectivity index (χ1v) is 8.49. The Morgan fingerprint density at radius 3 is 2.18 bits per heavy atom. The van der Waals surface area contributed by atoms with Gasteiger partial charge in [0, 0.05) is 12.5 Å². The quantitative estimate of drug-likeness (QED) is 0.892. The predicted molar refractivity (Wildman–Crippen MR) is 82.5 cm³/mol. The average Bonchev–Trinajstić information content (AvgIpc) is 3.17. The van der Waals surface area contributed by atoms with Crippen LogP contribution in [0.3, 0.4) is 0 Å². The third-order valence-corrected chi connectivity index (χ3v) is 6.60. The lowest BCUT2D eigenvalue weighted by Crippen LogP contribution is -2.39. The van der Waals surface area contributed by atoms with Crippen molar-refractivity contribution in [3.63, 3.8) is 0 Å². The van der Waals surface area contributed by atoms with Gasteiger partial charge in [-0.25, -0.2) is 12.8 Å². The van der Waals surface area contributed by atoms with Crippen LogP contribution < -0.4 is 11.5 Å². The van der Waals surface area contributed by atoms with Crippen molar-refractivity contribution < 1.29 is 12.8 Å². The lowest BCUT2D eigenvalue weighted by atomic mass is 10.1. The van der Waals surface area contributed by atoms with Gasteiger partial charge in [-0.2, -0.15) is 0 Å². The summed E-state index contributed by atoms with van der Waals surface area (Å²) in [6.07, 6.45) is 0. The van der Waals surface area contributed by atoms with Crippen LogP contribution in [0.5, 0.6) is 0 Å². The second kappa shape index (κ2) is 5.15. The lowest BCUT2D eigenvalue weighted by molar-refractivity contribution is 0.586. The minimum atomic E-state index is -3.59. The normalized spacial score (nSPS) is 27.6. The van der Waals surface area contributed by atoms with E-state index >= 15 is 0 Å². The summed E-state index contributed by atoms with van der Waals surface area (Å²) in [6, 6.07) is 13.9. The molecule has 1 aliphatic carbocycles. The summed E-state index contributed by atoms with van der Waals surface area (Å²) in [7, 11) is -3.59. The van der Waals surface area contributed by atoms with Crippen LogP contribution in [0.4, 0.5) is 4.39 Å². The summed E-state index contributed by atoms with van der Waals surface area (Å²) in [6.45, 7) is 0.0474. The highest BCUT2D eigenvalue weighted by Gasteiger charge is 2.68. The molecule has 116 valence electrons. The predicted octanol–water partition coefficient (Wildman–Crippen LogP) is 1.42. The average molecular weight is 320 g/mol. The first-order chi connectivity index (χ1) is 10.4. The van der Waals surface area contributed by atoms with Crippen LogP contribution in [0.25, 0.3) is 0 Å². The molecule has 22 heavy (non-hydrogen) atoms. The molecule has 0 spiro atoms. The molecular weight excluding hydrogens is 303 g/mol. The van der Waals surface area contributed by atoms with Crippen LogP contribution in [0.1, 0.15) is 11.5 Å². The molecule has 0 bridgehead atoms. The zero-order valence-electron chi connectivity index (χ0n) is 11.8. The van der Waals surface area contributed by atoms with Crippen molar-refractivity contribution in [1.82, 2.24) is 0 Å². The molecule has 2 aromatic rings. The Hall–Kier alpha value is -1.76. The zero-order valence-corrected chi connectivity index (χ0v) is 12.6. The minimum Gasteiger partial charge on any atom is -0.329 e. The summed E-state index contributed by atoms with van der Waals surface area (Å²) in [4.78, 5) is 0.230. The Labute approximate surface area is 128 Å². The molecular formula is C16H17FN2O2S. The maximum Gasteiger partial charge on any atom is 0.183 e. The number of sulfone groups is 1. The van der Waals surface area contributed by atoms with Crippen LogP contribution in [0.15, 0.2) is 59.5 Å². The Balaban J connectivity index is 2.02. The Morgan fingerprint density at radius 2 is 1.64 bits per heavy atom. The van der Waals surface area contributed by atoms with Crippen LogP contribution in [-0.4, -0.2) is 25.8 Å². The van der Waals surface area contributed by atoms with Gasteiger partial charge in [0.25, 0.3) is 0 Å². The zero-order chi connectivity index (χ0) is 16.0. The van der Waals surface area contributed by atoms with Gasteiger partial charge >= 0.3 is 0 Å². The molecule has 0 heterocycles. The van der Waals surface area contributed by atoms with E-state index in [1.807, 2.05) is 0 Å². The maximum atomic E-state index is 13.1. The maximum absolute atomic E-state index is 13.1. The smallest absolute Gasteiger partial charge is 0.183 e. The first-order valence-electron chi connectivity index (χ1n) is 6.94. The Morgan fingerprint density at radius 1 is 1.05 bits per heavy atom. The van der Waals surface area contributed by atoms with Gasteiger partial charge in [0.15, 0.2) is 9.84 Å². The second-order valence-electron chi connectivity index (χ2n) is 5.62. The van der Waals surface area contributed by atoms with E-state index in [1.165, 1.54) is 12.1 Å². The lowest BCUT2D eigenvalue weighted by Gasteiger charge is -2.08. The van der Waals surface area contributed by atoms with Crippen LogP contribution in [0, 0.1) is 5.82 Å². The molecule has 1 aliphatic rings. The van der Waals surface area contributed by atoms with Crippen molar-refractivity contribution in [2.75, 3.05) is 6.54 Å². The number of halogens is 1. The molecule has 1 saturated carbocycles. The van der Waals surface area contributed by atoms with Gasteiger partial charge in [-0.1, -0.05) is 30.3 Å². The fourth-order valence-corrected chi connectivity index (χ4v) is 5.39. The Bertz CT molecular complexity index is 778. The van der Waals surface area contributed by atoms with Gasteiger partial charge in [0.05, 0.1) is 15.7 Å². The van der Waals surface area contributed by atoms with Gasteiger partial charge in [-0.05, 0) is 29.8 Å². The summed E-state index contributed by atoms with van der Waals surface area (Å²) in [5, 5.41) is -0.794. The molecule has 3 rings (SSSR count). The highest BCUT2D eigenvalue weighted by atomic mass is 32.2. The monoisotopic (exact) mass is 320 g/mol. The molecule has 0 radical (unpaired) electrons. The van der Waals surface area contributed by atoms with E-state index in [4.69, 9.17) is 11.5 Å². The number of nitrogens with two attached hydrogens (primary N) is 2. The van der Waals surface area contributed by atoms with E-state index in [-0.39, 0.29) is 17.3 Å². The molecule has 1 fully saturated rings. The van der Waals surface area contributed by atoms with E-state index < -0.39 is 26.5 Å². The molecule has 0 saturated heterocycles. The van der Waals surface area contributed by atoms with Crippen molar-refractivity contribution in [3.8, 4) is 0 Å². The Kier molecular flexibility index (Phi) is 3.55. The molecule has 0 aliphatic heterocycles. The van der Waals surface area contributed by atoms with Crippen molar-refractivity contribution in [3.05, 3.63) is 66.0 Å². The molecule has 0 amide bonds. The summed E-state index contributed by atoms with van der Waals surface area (Å²) in [5.74, 6) is -0.800. The van der Waals surface area contributed by atoms with Crippen LogP contribution >= 0.6 is 0 Å². The van der Waals surface area contributed by atoms with Gasteiger partial charge in [-0.15, -0.1) is 0 Å². The highest BCUT2D eigenvalue weighted by Crippen LogP contribution is 2.55. The molecule has 0 unspecified atom stereocenters. The standard InChI is InChI=1S/C16H17FN2O2S/c17-12-8-6-11(7-9-12)14-15(16(14,19)10-18)22(20,21)13-4-2-1-3-5-13/h1-9,14-15H,10,18-19H2/t14-,15+,16+/m1/s1. The summed E-state index contributed by atoms with van der Waals surface area (Å²) >= 11 is 0. The summed E-state index contributed by atoms with van der Waals surface area (Å²) < 4.78 is 38.7. The molecule has 4 nitrogen and oxygen atoms in total. The van der Waals surface area contributed by atoms with Crippen molar-refractivity contribution in [2.45, 2.75) is 21.6 Å². The molecule has 0 aromatic heterocycles. The third-order valence-electron chi connectivity index (χ3n) is 4.29. The summed E-state index contributed by atoms with van der Waals surface area (Å²) in [5.41, 5.74) is 11.6. The van der Waals surface area contributed by atoms with E-state index in [0.717, 1.165) is 0 Å². The molecule has 3 atom stereocenters. The van der Waals surface area contributed by atoms with Crippen LogP contribution in [-0.2, 0) is 9.84 Å². The minimum absolute atomic E-state index is 0.0474. The van der Waals surface area contributed by atoms with E-state index in [1.54, 1.807) is 42.5 Å². The number of hydrogen-bond acceptors (Lipinski definition) is 4. The van der Waals surface area contributed by atoms with Crippen molar-refractivity contribution in [1.29, 1.82) is 0 Å². The van der Waals surface area contributed by atoms with Gasteiger partial charge in [-0.3, -0.25) is 0 Å². The third kappa shape index (κ3) is 2.24. The number of rotatable bonds is 4. The highest BCUT2D eigenvalue weighted by molar-refractivity contribution is 7.92. The van der Waals surface area contributed by atoms with Gasteiger partial charge < -0.3 is 11.5 Å². The topological polar surface area (TPSA) is 86.2 Å². The van der Waals surface area contributed by atoms with E-state index in [2.05, 4.69) is 0 Å². The molecule has 2 aromatic carbocycles. The fourth-order valence-electron chi connectivity index (χ4n) is 3.05. The molecule has 4 N–H and O–H groups in total. The van der Waals surface area contributed by atoms with Crippen molar-refractivity contribution in [2.24, 2.45) is 11.5 Å². The van der Waals surface area contributed by atoms with Crippen LogP contribution in [0.2, 0.25) is 0 Å². The number of benzene rings is 2. The largest absolute Gasteiger partial charge is 0.329 e. The van der Waals surface area contributed by atoms with E-state index in [0.29, 0.717) is 5.56 Å². The van der Waals surface area contributed by atoms with E-state index in [9.17, 15) is 12.8 Å².